The third-order valence-corrected chi connectivity index (χ3v) is 3.93. The Morgan fingerprint density at radius 3 is 2.82 bits per heavy atom. The van der Waals surface area contributed by atoms with Crippen LogP contribution in [-0.2, 0) is 0 Å². The van der Waals surface area contributed by atoms with Crippen molar-refractivity contribution >= 4 is 27.3 Å². The van der Waals surface area contributed by atoms with E-state index in [2.05, 4.69) is 20.9 Å². The van der Waals surface area contributed by atoms with Gasteiger partial charge in [0.15, 0.2) is 11.6 Å². The van der Waals surface area contributed by atoms with E-state index in [1.807, 2.05) is 6.07 Å². The molecule has 0 aliphatic rings. The van der Waals surface area contributed by atoms with Gasteiger partial charge < -0.3 is 4.74 Å². The maximum atomic E-state index is 13.5. The second kappa shape index (κ2) is 4.82. The summed E-state index contributed by atoms with van der Waals surface area (Å²) in [6.07, 6.45) is 0. The van der Waals surface area contributed by atoms with Gasteiger partial charge in [0.1, 0.15) is 20.6 Å². The summed E-state index contributed by atoms with van der Waals surface area (Å²) in [6, 6.07) is 6.59. The second-order valence-electron chi connectivity index (χ2n) is 3.10. The molecular weight excluding hydrogens is 307 g/mol. The van der Waals surface area contributed by atoms with Crippen LogP contribution in [0, 0.1) is 17.1 Å². The van der Waals surface area contributed by atoms with Crippen LogP contribution in [0.5, 0.6) is 5.75 Å². The van der Waals surface area contributed by atoms with E-state index in [0.717, 1.165) is 0 Å². The fourth-order valence-electron chi connectivity index (χ4n) is 1.29. The van der Waals surface area contributed by atoms with Gasteiger partial charge in [0, 0.05) is 5.56 Å². The lowest BCUT2D eigenvalue weighted by molar-refractivity contribution is 0.386. The minimum atomic E-state index is -0.449. The average Bonchev–Trinajstić information content (AvgIpc) is 2.70. The Morgan fingerprint density at radius 2 is 2.29 bits per heavy atom. The van der Waals surface area contributed by atoms with Gasteiger partial charge in [-0.05, 0) is 34.1 Å². The van der Waals surface area contributed by atoms with Crippen LogP contribution < -0.4 is 4.74 Å². The number of rotatable bonds is 2. The molecule has 2 aromatic rings. The van der Waals surface area contributed by atoms with Crippen molar-refractivity contribution in [3.63, 3.8) is 0 Å². The van der Waals surface area contributed by atoms with Gasteiger partial charge in [0.25, 0.3) is 0 Å². The van der Waals surface area contributed by atoms with E-state index in [-0.39, 0.29) is 5.75 Å². The van der Waals surface area contributed by atoms with E-state index in [4.69, 9.17) is 10.00 Å². The maximum absolute atomic E-state index is 13.5. The van der Waals surface area contributed by atoms with Crippen molar-refractivity contribution in [1.82, 2.24) is 4.98 Å². The fraction of sp³-hybridized carbons (Fsp3) is 0.0909. The van der Waals surface area contributed by atoms with Gasteiger partial charge in [-0.2, -0.15) is 5.26 Å². The smallest absolute Gasteiger partial charge is 0.165 e. The third kappa shape index (κ3) is 2.30. The molecule has 0 atom stereocenters. The number of aromatic nitrogens is 1. The molecule has 0 saturated carbocycles. The second-order valence-corrected chi connectivity index (χ2v) is 4.85. The maximum Gasteiger partial charge on any atom is 0.165 e. The molecule has 0 spiro atoms. The number of ether oxygens (including phenoxy) is 1. The molecule has 86 valence electrons. The highest BCUT2D eigenvalue weighted by molar-refractivity contribution is 9.10. The van der Waals surface area contributed by atoms with Crippen molar-refractivity contribution in [2.24, 2.45) is 0 Å². The molecule has 0 aliphatic heterocycles. The lowest BCUT2D eigenvalue weighted by Gasteiger charge is -2.02. The highest BCUT2D eigenvalue weighted by Gasteiger charge is 2.12. The van der Waals surface area contributed by atoms with E-state index >= 15 is 0 Å². The number of hydrogen-bond donors (Lipinski definition) is 0. The molecule has 1 aromatic heterocycles. The molecule has 0 fully saturated rings. The minimum Gasteiger partial charge on any atom is -0.494 e. The van der Waals surface area contributed by atoms with Crippen LogP contribution in [-0.4, -0.2) is 12.1 Å². The predicted molar refractivity (Wildman–Crippen MR) is 66.5 cm³/mol. The van der Waals surface area contributed by atoms with Gasteiger partial charge in [-0.25, -0.2) is 9.37 Å². The van der Waals surface area contributed by atoms with Crippen molar-refractivity contribution < 1.29 is 9.13 Å². The number of nitrogens with zero attached hydrogens (tertiary/aromatic N) is 2. The van der Waals surface area contributed by atoms with E-state index < -0.39 is 5.82 Å². The van der Waals surface area contributed by atoms with Crippen LogP contribution >= 0.6 is 27.3 Å². The molecule has 0 saturated heterocycles. The monoisotopic (exact) mass is 312 g/mol. The third-order valence-electron chi connectivity index (χ3n) is 2.09. The van der Waals surface area contributed by atoms with Crippen LogP contribution in [0.25, 0.3) is 10.6 Å². The summed E-state index contributed by atoms with van der Waals surface area (Å²) >= 11 is 4.39. The lowest BCUT2D eigenvalue weighted by Crippen LogP contribution is -1.88. The van der Waals surface area contributed by atoms with E-state index in [1.54, 1.807) is 6.07 Å². The summed E-state index contributed by atoms with van der Waals surface area (Å²) in [5, 5.41) is 9.40. The first-order valence-corrected chi connectivity index (χ1v) is 6.17. The number of methoxy groups -OCH3 is 1. The van der Waals surface area contributed by atoms with Crippen LogP contribution in [0.4, 0.5) is 4.39 Å². The summed E-state index contributed by atoms with van der Waals surface area (Å²) in [4.78, 5) is 4.62. The molecule has 1 heterocycles. The summed E-state index contributed by atoms with van der Waals surface area (Å²) in [5.74, 6) is -0.264. The summed E-state index contributed by atoms with van der Waals surface area (Å²) in [6.45, 7) is 0. The molecule has 6 heteroatoms. The molecular formula is C11H6BrFN2OS. The van der Waals surface area contributed by atoms with Gasteiger partial charge in [0.05, 0.1) is 7.11 Å². The first-order chi connectivity index (χ1) is 8.15. The molecule has 3 nitrogen and oxygen atoms in total. The number of halogens is 2. The van der Waals surface area contributed by atoms with Crippen LogP contribution in [0.3, 0.4) is 0 Å². The molecule has 0 bridgehead atoms. The molecule has 2 rings (SSSR count). The van der Waals surface area contributed by atoms with E-state index in [1.165, 1.54) is 30.6 Å². The zero-order chi connectivity index (χ0) is 12.4. The molecule has 0 amide bonds. The first-order valence-electron chi connectivity index (χ1n) is 4.56. The van der Waals surface area contributed by atoms with Gasteiger partial charge in [-0.3, -0.25) is 0 Å². The Kier molecular flexibility index (Phi) is 3.41. The van der Waals surface area contributed by atoms with E-state index in [0.29, 0.717) is 20.1 Å². The van der Waals surface area contributed by atoms with Gasteiger partial charge >= 0.3 is 0 Å². The Morgan fingerprint density at radius 1 is 1.53 bits per heavy atom. The van der Waals surface area contributed by atoms with Crippen LogP contribution in [0.15, 0.2) is 22.8 Å². The average molecular weight is 313 g/mol. The summed E-state index contributed by atoms with van der Waals surface area (Å²) in [7, 11) is 1.41. The Hall–Kier alpha value is -1.45. The topological polar surface area (TPSA) is 45.9 Å². The molecule has 0 aliphatic carbocycles. The molecule has 0 N–H and O–H groups in total. The van der Waals surface area contributed by atoms with Crippen LogP contribution in [0.2, 0.25) is 0 Å². The Bertz CT molecular complexity index is 606. The SMILES string of the molecule is COc1ccc(-c2nc(Br)c(C#N)s2)cc1F. The van der Waals surface area contributed by atoms with Crippen molar-refractivity contribution in [1.29, 1.82) is 5.26 Å². The number of benzene rings is 1. The molecule has 0 unspecified atom stereocenters. The van der Waals surface area contributed by atoms with Crippen molar-refractivity contribution in [3.8, 4) is 22.4 Å². The van der Waals surface area contributed by atoms with E-state index in [9.17, 15) is 4.39 Å². The predicted octanol–water partition coefficient (Wildman–Crippen LogP) is 3.59. The number of thiazole rings is 1. The lowest BCUT2D eigenvalue weighted by atomic mass is 10.2. The highest BCUT2D eigenvalue weighted by atomic mass is 79.9. The summed E-state index contributed by atoms with van der Waals surface area (Å²) in [5.41, 5.74) is 0.621. The largest absolute Gasteiger partial charge is 0.494 e. The minimum absolute atomic E-state index is 0.185. The molecule has 17 heavy (non-hydrogen) atoms. The Balaban J connectivity index is 2.47. The van der Waals surface area contributed by atoms with Crippen LogP contribution in [0.1, 0.15) is 4.88 Å². The quantitative estimate of drug-likeness (QED) is 0.851. The van der Waals surface area contributed by atoms with Crippen molar-refractivity contribution in [2.75, 3.05) is 7.11 Å². The van der Waals surface area contributed by atoms with Crippen molar-refractivity contribution in [3.05, 3.63) is 33.5 Å². The highest BCUT2D eigenvalue weighted by Crippen LogP contribution is 2.32. The normalized spacial score (nSPS) is 10.0. The fourth-order valence-corrected chi connectivity index (χ4v) is 2.67. The van der Waals surface area contributed by atoms with Gasteiger partial charge in [-0.1, -0.05) is 0 Å². The molecule has 0 radical (unpaired) electrons. The van der Waals surface area contributed by atoms with Gasteiger partial charge in [0.2, 0.25) is 0 Å². The number of hydrogen-bond acceptors (Lipinski definition) is 4. The molecule has 1 aromatic carbocycles. The Labute approximate surface area is 110 Å². The summed E-state index contributed by atoms with van der Waals surface area (Å²) < 4.78 is 18.8. The zero-order valence-corrected chi connectivity index (χ0v) is 11.1. The standard InChI is InChI=1S/C11H6BrFN2OS/c1-16-8-3-2-6(4-7(8)13)11-15-10(12)9(5-14)17-11/h2-4H,1H3. The van der Waals surface area contributed by atoms with Gasteiger partial charge in [-0.15, -0.1) is 11.3 Å². The number of nitriles is 1. The zero-order valence-electron chi connectivity index (χ0n) is 8.70. The first kappa shape index (κ1) is 12.0. The van der Waals surface area contributed by atoms with Crippen molar-refractivity contribution in [2.45, 2.75) is 0 Å².